The van der Waals surface area contributed by atoms with Gasteiger partial charge in [-0.05, 0) is 30.3 Å². The van der Waals surface area contributed by atoms with Crippen molar-refractivity contribution in [3.8, 4) is 17.6 Å². The van der Waals surface area contributed by atoms with Crippen LogP contribution in [-0.2, 0) is 14.3 Å². The molecule has 0 saturated carbocycles. The van der Waals surface area contributed by atoms with Gasteiger partial charge in [-0.3, -0.25) is 4.79 Å². The van der Waals surface area contributed by atoms with Crippen LogP contribution in [0.25, 0.3) is 6.08 Å². The molecule has 0 bridgehead atoms. The topological polar surface area (TPSA) is 92.1 Å². The lowest BCUT2D eigenvalue weighted by Crippen LogP contribution is -2.27. The van der Waals surface area contributed by atoms with E-state index in [0.717, 1.165) is 11.4 Å². The Morgan fingerprint density at radius 3 is 2.25 bits per heavy atom. The van der Waals surface area contributed by atoms with Gasteiger partial charge < -0.3 is 24.0 Å². The number of Topliss-reactive ketones (excluding diaryl/α,β-unsaturated/α-hetero) is 1. The fraction of sp³-hybridized carbons (Fsp3) is 0.208. The Hall–Kier alpha value is -4.25. The average molecular weight is 433 g/mol. The maximum atomic E-state index is 12.7. The third-order valence-corrected chi connectivity index (χ3v) is 5.04. The Kier molecular flexibility index (Phi) is 6.80. The fourth-order valence-electron chi connectivity index (χ4n) is 3.43. The second-order valence-corrected chi connectivity index (χ2v) is 6.89. The highest BCUT2D eigenvalue weighted by molar-refractivity contribution is 6.04. The summed E-state index contributed by atoms with van der Waals surface area (Å²) in [5.74, 6) is 0.280. The number of hydrogen-bond acceptors (Lipinski definition) is 8. The predicted molar refractivity (Wildman–Crippen MR) is 120 cm³/mol. The van der Waals surface area contributed by atoms with Crippen molar-refractivity contribution >= 4 is 29.2 Å². The number of hydrogen-bond donors (Lipinski definition) is 0. The van der Waals surface area contributed by atoms with Crippen molar-refractivity contribution in [2.45, 2.75) is 0 Å². The summed E-state index contributed by atoms with van der Waals surface area (Å²) in [6.07, 6.45) is 2.71. The molecule has 1 aliphatic rings. The number of methoxy groups -OCH3 is 2. The molecule has 8 nitrogen and oxygen atoms in total. The van der Waals surface area contributed by atoms with Crippen molar-refractivity contribution in [3.05, 3.63) is 65.5 Å². The predicted octanol–water partition coefficient (Wildman–Crippen LogP) is 3.15. The van der Waals surface area contributed by atoms with Crippen molar-refractivity contribution in [3.63, 3.8) is 0 Å². The first kappa shape index (κ1) is 22.4. The SMILES string of the molecule is COc1ccc(/C=C/C(=O)OCC(=O)C(C#N)=C2N(C)c3ccccc3N2C)c(OC)c1. The summed E-state index contributed by atoms with van der Waals surface area (Å²) in [6.45, 7) is -0.548. The molecule has 3 rings (SSSR count). The van der Waals surface area contributed by atoms with Crippen LogP contribution in [0, 0.1) is 11.3 Å². The van der Waals surface area contributed by atoms with E-state index in [-0.39, 0.29) is 5.57 Å². The van der Waals surface area contributed by atoms with Crippen molar-refractivity contribution < 1.29 is 23.8 Å². The molecule has 0 amide bonds. The lowest BCUT2D eigenvalue weighted by atomic mass is 10.1. The third kappa shape index (κ3) is 4.42. The number of nitrogens with zero attached hydrogens (tertiary/aromatic N) is 3. The zero-order valence-electron chi connectivity index (χ0n) is 18.3. The summed E-state index contributed by atoms with van der Waals surface area (Å²) in [5, 5.41) is 9.63. The van der Waals surface area contributed by atoms with E-state index in [1.807, 2.05) is 30.3 Å². The summed E-state index contributed by atoms with van der Waals surface area (Å²) in [5.41, 5.74) is 2.31. The molecular formula is C24H23N3O5. The molecule has 32 heavy (non-hydrogen) atoms. The summed E-state index contributed by atoms with van der Waals surface area (Å²) in [4.78, 5) is 28.4. The van der Waals surface area contributed by atoms with E-state index in [4.69, 9.17) is 14.2 Å². The van der Waals surface area contributed by atoms with Crippen LogP contribution in [0.2, 0.25) is 0 Å². The van der Waals surface area contributed by atoms with Gasteiger partial charge in [-0.25, -0.2) is 4.79 Å². The van der Waals surface area contributed by atoms with Gasteiger partial charge in [0.05, 0.1) is 25.6 Å². The Bertz CT molecular complexity index is 1120. The minimum absolute atomic E-state index is 0.0835. The number of nitriles is 1. The Morgan fingerprint density at radius 2 is 1.69 bits per heavy atom. The standard InChI is InChI=1S/C24H23N3O5/c1-26-19-7-5-6-8-20(19)27(2)24(26)18(14-25)21(28)15-32-23(29)12-10-16-9-11-17(30-3)13-22(16)31-4/h5-13H,15H2,1-4H3/b12-10+. The van der Waals surface area contributed by atoms with E-state index in [9.17, 15) is 14.9 Å². The molecule has 0 aromatic heterocycles. The smallest absolute Gasteiger partial charge is 0.331 e. The Labute approximate surface area is 186 Å². The molecule has 1 heterocycles. The summed E-state index contributed by atoms with van der Waals surface area (Å²) in [6, 6.07) is 14.7. The van der Waals surface area contributed by atoms with Gasteiger partial charge in [0, 0.05) is 31.8 Å². The number of para-hydroxylation sites is 2. The molecule has 0 radical (unpaired) electrons. The van der Waals surface area contributed by atoms with Gasteiger partial charge in [-0.2, -0.15) is 5.26 Å². The molecule has 8 heteroatoms. The number of fused-ring (bicyclic) bond motifs is 1. The van der Waals surface area contributed by atoms with Crippen LogP contribution < -0.4 is 19.3 Å². The highest BCUT2D eigenvalue weighted by Crippen LogP contribution is 2.40. The van der Waals surface area contributed by atoms with Crippen molar-refractivity contribution in [2.75, 3.05) is 44.7 Å². The normalized spacial score (nSPS) is 12.4. The van der Waals surface area contributed by atoms with E-state index in [0.29, 0.717) is 22.9 Å². The number of ether oxygens (including phenoxy) is 3. The van der Waals surface area contributed by atoms with Crippen molar-refractivity contribution in [1.82, 2.24) is 0 Å². The van der Waals surface area contributed by atoms with Crippen LogP contribution in [0.15, 0.2) is 59.9 Å². The molecule has 1 aliphatic heterocycles. The first-order valence-electron chi connectivity index (χ1n) is 9.72. The van der Waals surface area contributed by atoms with Gasteiger partial charge in [-0.15, -0.1) is 0 Å². The van der Waals surface area contributed by atoms with Crippen molar-refractivity contribution in [2.24, 2.45) is 0 Å². The largest absolute Gasteiger partial charge is 0.497 e. The molecule has 164 valence electrons. The number of anilines is 2. The van der Waals surface area contributed by atoms with Gasteiger partial charge in [-0.1, -0.05) is 12.1 Å². The minimum Gasteiger partial charge on any atom is -0.497 e. The lowest BCUT2D eigenvalue weighted by molar-refractivity contribution is -0.141. The van der Waals surface area contributed by atoms with Gasteiger partial charge in [0.2, 0.25) is 5.78 Å². The maximum Gasteiger partial charge on any atom is 0.331 e. The molecule has 0 fully saturated rings. The van der Waals surface area contributed by atoms with Crippen LogP contribution in [0.3, 0.4) is 0 Å². The average Bonchev–Trinajstić information content (AvgIpc) is 3.07. The molecule has 0 saturated heterocycles. The minimum atomic E-state index is -0.713. The lowest BCUT2D eigenvalue weighted by Gasteiger charge is -2.19. The first-order chi connectivity index (χ1) is 15.4. The number of carbonyl (C=O) groups excluding carboxylic acids is 2. The van der Waals surface area contributed by atoms with E-state index in [1.54, 1.807) is 49.2 Å². The Morgan fingerprint density at radius 1 is 1.03 bits per heavy atom. The second kappa shape index (κ2) is 9.71. The fourth-order valence-corrected chi connectivity index (χ4v) is 3.43. The van der Waals surface area contributed by atoms with Crippen LogP contribution in [-0.4, -0.2) is 46.7 Å². The molecule has 0 spiro atoms. The summed E-state index contributed by atoms with van der Waals surface area (Å²) < 4.78 is 15.5. The van der Waals surface area contributed by atoms with E-state index in [2.05, 4.69) is 0 Å². The highest BCUT2D eigenvalue weighted by Gasteiger charge is 2.31. The molecule has 0 N–H and O–H groups in total. The second-order valence-electron chi connectivity index (χ2n) is 6.89. The van der Waals surface area contributed by atoms with E-state index < -0.39 is 18.4 Å². The zero-order valence-corrected chi connectivity index (χ0v) is 18.3. The molecule has 2 aromatic carbocycles. The van der Waals surface area contributed by atoms with Gasteiger partial charge >= 0.3 is 5.97 Å². The highest BCUT2D eigenvalue weighted by atomic mass is 16.5. The number of carbonyl (C=O) groups is 2. The number of benzene rings is 2. The van der Waals surface area contributed by atoms with Crippen LogP contribution in [0.1, 0.15) is 5.56 Å². The molecular weight excluding hydrogens is 410 g/mol. The van der Waals surface area contributed by atoms with Crippen LogP contribution >= 0.6 is 0 Å². The molecule has 0 aliphatic carbocycles. The molecule has 0 unspecified atom stereocenters. The van der Waals surface area contributed by atoms with E-state index in [1.165, 1.54) is 19.3 Å². The first-order valence-corrected chi connectivity index (χ1v) is 9.72. The summed E-state index contributed by atoms with van der Waals surface area (Å²) >= 11 is 0. The maximum absolute atomic E-state index is 12.7. The molecule has 0 atom stereocenters. The quantitative estimate of drug-likeness (QED) is 0.374. The monoisotopic (exact) mass is 433 g/mol. The Balaban J connectivity index is 1.70. The number of rotatable bonds is 7. The van der Waals surface area contributed by atoms with Crippen LogP contribution in [0.5, 0.6) is 11.5 Å². The van der Waals surface area contributed by atoms with Crippen LogP contribution in [0.4, 0.5) is 11.4 Å². The van der Waals surface area contributed by atoms with Gasteiger partial charge in [0.1, 0.15) is 29.0 Å². The van der Waals surface area contributed by atoms with E-state index >= 15 is 0 Å². The number of ketones is 1. The summed E-state index contributed by atoms with van der Waals surface area (Å²) in [7, 11) is 6.61. The molecule has 2 aromatic rings. The van der Waals surface area contributed by atoms with Gasteiger partial charge in [0.25, 0.3) is 0 Å². The zero-order chi connectivity index (χ0) is 23.3. The van der Waals surface area contributed by atoms with Gasteiger partial charge in [0.15, 0.2) is 6.61 Å². The third-order valence-electron chi connectivity index (χ3n) is 5.04. The van der Waals surface area contributed by atoms with Crippen molar-refractivity contribution in [1.29, 1.82) is 5.26 Å². The number of esters is 1.